The summed E-state index contributed by atoms with van der Waals surface area (Å²) < 4.78 is 0. The molecule has 5 heteroatoms. The molecule has 2 aromatic rings. The van der Waals surface area contributed by atoms with Crippen LogP contribution in [0.1, 0.15) is 29.6 Å². The fourth-order valence-corrected chi connectivity index (χ4v) is 2.83. The minimum Gasteiger partial charge on any atom is -0.341 e. The number of rotatable bonds is 4. The second kappa shape index (κ2) is 5.69. The monoisotopic (exact) mass is 284 g/mol. The van der Waals surface area contributed by atoms with Crippen molar-refractivity contribution in [2.45, 2.75) is 19.3 Å². The molecule has 1 aliphatic rings. The van der Waals surface area contributed by atoms with Crippen LogP contribution < -0.4 is 11.3 Å². The van der Waals surface area contributed by atoms with E-state index in [1.165, 1.54) is 19.3 Å². The van der Waals surface area contributed by atoms with Crippen molar-refractivity contribution in [3.05, 3.63) is 36.0 Å². The number of anilines is 1. The largest absolute Gasteiger partial charge is 0.341 e. The highest BCUT2D eigenvalue weighted by molar-refractivity contribution is 6.09. The third kappa shape index (κ3) is 2.56. The van der Waals surface area contributed by atoms with Crippen molar-refractivity contribution >= 4 is 22.5 Å². The van der Waals surface area contributed by atoms with Gasteiger partial charge in [0, 0.05) is 25.2 Å². The first-order chi connectivity index (χ1) is 10.2. The minimum atomic E-state index is 0.0224. The molecule has 0 atom stereocenters. The van der Waals surface area contributed by atoms with E-state index < -0.39 is 0 Å². The molecule has 0 radical (unpaired) electrons. The molecular weight excluding hydrogens is 264 g/mol. The number of benzene rings is 1. The molecule has 0 saturated heterocycles. The number of aromatic nitrogens is 1. The molecule has 21 heavy (non-hydrogen) atoms. The van der Waals surface area contributed by atoms with Crippen LogP contribution in [0.4, 0.5) is 5.82 Å². The summed E-state index contributed by atoms with van der Waals surface area (Å²) in [6.45, 7) is 0.823. The van der Waals surface area contributed by atoms with Gasteiger partial charge >= 0.3 is 0 Å². The number of nitrogens with zero attached hydrogens (tertiary/aromatic N) is 2. The number of hydrazine groups is 1. The Balaban J connectivity index is 1.94. The molecule has 0 aliphatic heterocycles. The lowest BCUT2D eigenvalue weighted by Gasteiger charge is -2.30. The average molecular weight is 284 g/mol. The molecule has 3 N–H and O–H groups in total. The van der Waals surface area contributed by atoms with E-state index in [-0.39, 0.29) is 5.91 Å². The predicted octanol–water partition coefficient (Wildman–Crippen LogP) is 2.39. The number of carbonyl (C=O) groups excluding carboxylic acids is 1. The van der Waals surface area contributed by atoms with Crippen LogP contribution in [0.15, 0.2) is 30.5 Å². The Morgan fingerprint density at radius 3 is 2.71 bits per heavy atom. The van der Waals surface area contributed by atoms with Gasteiger partial charge < -0.3 is 10.3 Å². The zero-order valence-corrected chi connectivity index (χ0v) is 12.2. The summed E-state index contributed by atoms with van der Waals surface area (Å²) in [6.07, 6.45) is 5.35. The topological polar surface area (TPSA) is 71.2 Å². The Bertz CT molecular complexity index is 666. The number of nitrogens with two attached hydrogens (primary N) is 1. The average Bonchev–Trinajstić information content (AvgIpc) is 2.48. The van der Waals surface area contributed by atoms with Gasteiger partial charge in [-0.3, -0.25) is 4.79 Å². The second-order valence-electron chi connectivity index (χ2n) is 5.69. The molecule has 1 fully saturated rings. The highest BCUT2D eigenvalue weighted by Crippen LogP contribution is 2.28. The van der Waals surface area contributed by atoms with Crippen LogP contribution in [-0.2, 0) is 0 Å². The molecule has 1 heterocycles. The standard InChI is InChI=1S/C16H20N4O/c1-20(10-11-5-4-6-11)16(21)14-9-18-15(19-17)13-8-3-2-7-12(13)14/h2-3,7-9,11H,4-6,10,17H2,1H3,(H,18,19). The SMILES string of the molecule is CN(CC1CCC1)C(=O)c1cnc(NN)c2ccccc12. The Hall–Kier alpha value is -2.14. The van der Waals surface area contributed by atoms with E-state index in [2.05, 4.69) is 10.4 Å². The van der Waals surface area contributed by atoms with Crippen LogP contribution in [0.25, 0.3) is 10.8 Å². The number of nitrogen functional groups attached to an aromatic ring is 1. The maximum atomic E-state index is 12.7. The molecule has 1 aliphatic carbocycles. The van der Waals surface area contributed by atoms with Crippen molar-refractivity contribution in [3.63, 3.8) is 0 Å². The Labute approximate surface area is 124 Å². The van der Waals surface area contributed by atoms with Crippen molar-refractivity contribution in [3.8, 4) is 0 Å². The summed E-state index contributed by atoms with van der Waals surface area (Å²) >= 11 is 0. The van der Waals surface area contributed by atoms with Crippen LogP contribution in [-0.4, -0.2) is 29.4 Å². The fourth-order valence-electron chi connectivity index (χ4n) is 2.83. The maximum Gasteiger partial charge on any atom is 0.255 e. The van der Waals surface area contributed by atoms with E-state index in [4.69, 9.17) is 5.84 Å². The highest BCUT2D eigenvalue weighted by Gasteiger charge is 2.23. The first kappa shape index (κ1) is 13.8. The molecule has 3 rings (SSSR count). The first-order valence-electron chi connectivity index (χ1n) is 7.30. The number of hydrogen-bond donors (Lipinski definition) is 2. The van der Waals surface area contributed by atoms with Crippen LogP contribution in [0.5, 0.6) is 0 Å². The second-order valence-corrected chi connectivity index (χ2v) is 5.69. The van der Waals surface area contributed by atoms with E-state index in [1.807, 2.05) is 36.2 Å². The smallest absolute Gasteiger partial charge is 0.255 e. The molecule has 1 amide bonds. The van der Waals surface area contributed by atoms with E-state index in [0.717, 1.165) is 17.3 Å². The lowest BCUT2D eigenvalue weighted by Crippen LogP contribution is -2.34. The van der Waals surface area contributed by atoms with Crippen molar-refractivity contribution in [2.24, 2.45) is 11.8 Å². The van der Waals surface area contributed by atoms with Gasteiger partial charge in [0.05, 0.1) is 5.56 Å². The van der Waals surface area contributed by atoms with Crippen LogP contribution in [0.2, 0.25) is 0 Å². The third-order valence-electron chi connectivity index (χ3n) is 4.27. The van der Waals surface area contributed by atoms with E-state index in [0.29, 0.717) is 17.3 Å². The van der Waals surface area contributed by atoms with Gasteiger partial charge in [-0.15, -0.1) is 0 Å². The molecule has 1 aromatic heterocycles. The molecule has 1 aromatic carbocycles. The quantitative estimate of drug-likeness (QED) is 0.668. The highest BCUT2D eigenvalue weighted by atomic mass is 16.2. The van der Waals surface area contributed by atoms with Gasteiger partial charge in [-0.2, -0.15) is 0 Å². The summed E-state index contributed by atoms with van der Waals surface area (Å²) in [5.41, 5.74) is 3.21. The zero-order valence-electron chi connectivity index (χ0n) is 12.2. The van der Waals surface area contributed by atoms with E-state index in [9.17, 15) is 4.79 Å². The lowest BCUT2D eigenvalue weighted by atomic mass is 9.85. The van der Waals surface area contributed by atoms with Gasteiger partial charge in [0.15, 0.2) is 0 Å². The Morgan fingerprint density at radius 1 is 1.38 bits per heavy atom. The van der Waals surface area contributed by atoms with Crippen molar-refractivity contribution < 1.29 is 4.79 Å². The number of carbonyl (C=O) groups is 1. The van der Waals surface area contributed by atoms with Gasteiger partial charge in [0.25, 0.3) is 5.91 Å². The Kier molecular flexibility index (Phi) is 3.75. The molecule has 5 nitrogen and oxygen atoms in total. The predicted molar refractivity (Wildman–Crippen MR) is 83.9 cm³/mol. The maximum absolute atomic E-state index is 12.7. The number of pyridine rings is 1. The number of nitrogens with one attached hydrogen (secondary N) is 1. The first-order valence-corrected chi connectivity index (χ1v) is 7.30. The normalized spacial score (nSPS) is 14.8. The van der Waals surface area contributed by atoms with Gasteiger partial charge in [-0.05, 0) is 24.1 Å². The fraction of sp³-hybridized carbons (Fsp3) is 0.375. The summed E-state index contributed by atoms with van der Waals surface area (Å²) in [5.74, 6) is 6.75. The van der Waals surface area contributed by atoms with Crippen LogP contribution in [0, 0.1) is 5.92 Å². The van der Waals surface area contributed by atoms with Crippen LogP contribution >= 0.6 is 0 Å². The third-order valence-corrected chi connectivity index (χ3v) is 4.27. The van der Waals surface area contributed by atoms with Gasteiger partial charge in [-0.25, -0.2) is 10.8 Å². The zero-order chi connectivity index (χ0) is 14.8. The molecule has 1 saturated carbocycles. The van der Waals surface area contributed by atoms with E-state index in [1.54, 1.807) is 6.20 Å². The van der Waals surface area contributed by atoms with Crippen molar-refractivity contribution in [1.82, 2.24) is 9.88 Å². The summed E-state index contributed by atoms with van der Waals surface area (Å²) in [5, 5.41) is 1.74. The molecule has 0 unspecified atom stereocenters. The lowest BCUT2D eigenvalue weighted by molar-refractivity contribution is 0.0747. The Morgan fingerprint density at radius 2 is 2.10 bits per heavy atom. The molecule has 0 spiro atoms. The van der Waals surface area contributed by atoms with Gasteiger partial charge in [0.1, 0.15) is 5.82 Å². The number of hydrogen-bond acceptors (Lipinski definition) is 4. The molecule has 0 bridgehead atoms. The van der Waals surface area contributed by atoms with Gasteiger partial charge in [0.2, 0.25) is 0 Å². The summed E-state index contributed by atoms with van der Waals surface area (Å²) in [6, 6.07) is 7.69. The van der Waals surface area contributed by atoms with Crippen molar-refractivity contribution in [2.75, 3.05) is 19.0 Å². The summed E-state index contributed by atoms with van der Waals surface area (Å²) in [4.78, 5) is 18.7. The minimum absolute atomic E-state index is 0.0224. The number of fused-ring (bicyclic) bond motifs is 1. The summed E-state index contributed by atoms with van der Waals surface area (Å²) in [7, 11) is 1.87. The van der Waals surface area contributed by atoms with E-state index >= 15 is 0 Å². The van der Waals surface area contributed by atoms with Gasteiger partial charge in [-0.1, -0.05) is 30.7 Å². The molecular formula is C16H20N4O. The molecule has 110 valence electrons. The van der Waals surface area contributed by atoms with Crippen molar-refractivity contribution in [1.29, 1.82) is 0 Å². The van der Waals surface area contributed by atoms with Crippen LogP contribution in [0.3, 0.4) is 0 Å². The number of amides is 1.